The summed E-state index contributed by atoms with van der Waals surface area (Å²) in [5.41, 5.74) is 13.8. The lowest BCUT2D eigenvalue weighted by molar-refractivity contribution is 0.660. The summed E-state index contributed by atoms with van der Waals surface area (Å²) < 4.78 is 0. The summed E-state index contributed by atoms with van der Waals surface area (Å²) >= 11 is 0. The molecule has 0 saturated heterocycles. The second-order valence-corrected chi connectivity index (χ2v) is 11.1. The van der Waals surface area contributed by atoms with Crippen LogP contribution in [-0.4, -0.2) is 0 Å². The molecule has 6 aromatic carbocycles. The van der Waals surface area contributed by atoms with E-state index in [1.165, 1.54) is 50.2 Å². The first kappa shape index (κ1) is 24.2. The van der Waals surface area contributed by atoms with Gasteiger partial charge in [0.25, 0.3) is 0 Å². The fourth-order valence-corrected chi connectivity index (χ4v) is 6.17. The third-order valence-corrected chi connectivity index (χ3v) is 8.27. The Hall–Kier alpha value is -4.88. The highest BCUT2D eigenvalue weighted by atomic mass is 15.1. The predicted molar refractivity (Wildman–Crippen MR) is 170 cm³/mol. The molecule has 0 spiro atoms. The first-order chi connectivity index (χ1) is 19.6. The average molecular weight is 514 g/mol. The van der Waals surface area contributed by atoms with Crippen LogP contribution in [0.2, 0.25) is 0 Å². The van der Waals surface area contributed by atoms with Crippen molar-refractivity contribution in [3.63, 3.8) is 0 Å². The zero-order chi connectivity index (χ0) is 27.1. The molecule has 7 rings (SSSR count). The lowest BCUT2D eigenvalue weighted by Gasteiger charge is -2.28. The van der Waals surface area contributed by atoms with E-state index in [0.717, 1.165) is 11.4 Å². The van der Waals surface area contributed by atoms with Crippen LogP contribution < -0.4 is 4.90 Å². The average Bonchev–Trinajstić information content (AvgIpc) is 3.25. The van der Waals surface area contributed by atoms with Gasteiger partial charge in [-0.2, -0.15) is 0 Å². The van der Waals surface area contributed by atoms with E-state index in [4.69, 9.17) is 0 Å². The molecule has 40 heavy (non-hydrogen) atoms. The van der Waals surface area contributed by atoms with Crippen LogP contribution in [-0.2, 0) is 5.41 Å². The van der Waals surface area contributed by atoms with E-state index >= 15 is 0 Å². The molecule has 0 unspecified atom stereocenters. The summed E-state index contributed by atoms with van der Waals surface area (Å²) in [6.45, 7) is 4.68. The first-order valence-corrected chi connectivity index (χ1v) is 14.0. The molecular formula is C39H31N. The van der Waals surface area contributed by atoms with Crippen molar-refractivity contribution in [1.82, 2.24) is 0 Å². The fourth-order valence-electron chi connectivity index (χ4n) is 6.17. The molecule has 6 aromatic rings. The highest BCUT2D eigenvalue weighted by Gasteiger charge is 2.35. The van der Waals surface area contributed by atoms with Crippen molar-refractivity contribution in [1.29, 1.82) is 0 Å². The number of rotatable bonds is 5. The van der Waals surface area contributed by atoms with Crippen LogP contribution in [0.3, 0.4) is 0 Å². The van der Waals surface area contributed by atoms with Gasteiger partial charge in [0.15, 0.2) is 0 Å². The van der Waals surface area contributed by atoms with Crippen LogP contribution in [0.1, 0.15) is 25.0 Å². The van der Waals surface area contributed by atoms with Gasteiger partial charge in [-0.25, -0.2) is 0 Å². The molecule has 1 aliphatic rings. The van der Waals surface area contributed by atoms with Gasteiger partial charge >= 0.3 is 0 Å². The molecule has 0 saturated carbocycles. The van der Waals surface area contributed by atoms with E-state index in [-0.39, 0.29) is 5.41 Å². The summed E-state index contributed by atoms with van der Waals surface area (Å²) in [5, 5.41) is 0. The van der Waals surface area contributed by atoms with Crippen LogP contribution in [0.15, 0.2) is 152 Å². The predicted octanol–water partition coefficient (Wildman–Crippen LogP) is 10.8. The Morgan fingerprint density at radius 3 is 1.62 bits per heavy atom. The zero-order valence-electron chi connectivity index (χ0n) is 22.9. The molecule has 0 aromatic heterocycles. The van der Waals surface area contributed by atoms with Crippen molar-refractivity contribution in [2.45, 2.75) is 19.3 Å². The third kappa shape index (κ3) is 4.12. The van der Waals surface area contributed by atoms with Gasteiger partial charge in [-0.05, 0) is 87.0 Å². The van der Waals surface area contributed by atoms with E-state index in [9.17, 15) is 0 Å². The van der Waals surface area contributed by atoms with Crippen LogP contribution in [0.5, 0.6) is 0 Å². The van der Waals surface area contributed by atoms with Crippen molar-refractivity contribution in [2.24, 2.45) is 0 Å². The minimum Gasteiger partial charge on any atom is -0.310 e. The number of nitrogens with zero attached hydrogens (tertiary/aromatic N) is 1. The highest BCUT2D eigenvalue weighted by Crippen LogP contribution is 2.50. The van der Waals surface area contributed by atoms with E-state index in [1.807, 2.05) is 0 Å². The van der Waals surface area contributed by atoms with Gasteiger partial charge in [-0.1, -0.05) is 123 Å². The number of benzene rings is 6. The van der Waals surface area contributed by atoms with Crippen LogP contribution >= 0.6 is 0 Å². The molecule has 0 atom stereocenters. The molecular weight excluding hydrogens is 482 g/mol. The van der Waals surface area contributed by atoms with E-state index in [2.05, 4.69) is 170 Å². The summed E-state index contributed by atoms with van der Waals surface area (Å²) in [5.74, 6) is 0. The smallest absolute Gasteiger partial charge is 0.0465 e. The van der Waals surface area contributed by atoms with Crippen molar-refractivity contribution >= 4 is 17.1 Å². The molecule has 0 radical (unpaired) electrons. The largest absolute Gasteiger partial charge is 0.310 e. The lowest BCUT2D eigenvalue weighted by atomic mass is 9.82. The molecule has 0 aliphatic heterocycles. The third-order valence-electron chi connectivity index (χ3n) is 8.27. The summed E-state index contributed by atoms with van der Waals surface area (Å²) in [6, 6.07) is 54.8. The molecule has 1 nitrogen and oxygen atoms in total. The maximum absolute atomic E-state index is 2.39. The molecule has 0 fully saturated rings. The molecule has 0 heterocycles. The van der Waals surface area contributed by atoms with Gasteiger partial charge in [-0.15, -0.1) is 0 Å². The minimum absolute atomic E-state index is 0.0437. The Balaban J connectivity index is 1.29. The molecule has 0 amide bonds. The Labute approximate surface area is 237 Å². The number of anilines is 3. The number of para-hydroxylation sites is 1. The van der Waals surface area contributed by atoms with E-state index in [1.54, 1.807) is 0 Å². The van der Waals surface area contributed by atoms with Crippen molar-refractivity contribution in [3.05, 3.63) is 163 Å². The molecule has 0 bridgehead atoms. The fraction of sp³-hybridized carbons (Fsp3) is 0.0769. The normalized spacial score (nSPS) is 12.9. The molecule has 1 heteroatoms. The van der Waals surface area contributed by atoms with Crippen LogP contribution in [0.25, 0.3) is 33.4 Å². The number of hydrogen-bond acceptors (Lipinski definition) is 1. The summed E-state index contributed by atoms with van der Waals surface area (Å²) in [6.07, 6.45) is 0. The maximum Gasteiger partial charge on any atom is 0.0465 e. The monoisotopic (exact) mass is 513 g/mol. The second-order valence-electron chi connectivity index (χ2n) is 11.1. The highest BCUT2D eigenvalue weighted by molar-refractivity contribution is 5.86. The Morgan fingerprint density at radius 2 is 0.900 bits per heavy atom. The SMILES string of the molecule is CC1(C)c2ccccc2-c2ccc(N(c3ccccc3)c3ccc(-c4cccc(-c5ccccc5)c4)cc3)cc21. The van der Waals surface area contributed by atoms with Crippen LogP contribution in [0, 0.1) is 0 Å². The van der Waals surface area contributed by atoms with Crippen molar-refractivity contribution in [3.8, 4) is 33.4 Å². The standard InChI is InChI=1S/C39H31N/c1-39(2)37-19-10-9-18-35(37)36-25-24-34(27-38(36)39)40(32-16-7-4-8-17-32)33-22-20-29(21-23-33)31-15-11-14-30(26-31)28-12-5-3-6-13-28/h3-27H,1-2H3. The van der Waals surface area contributed by atoms with E-state index in [0.29, 0.717) is 0 Å². The van der Waals surface area contributed by atoms with E-state index < -0.39 is 0 Å². The topological polar surface area (TPSA) is 3.24 Å². The number of fused-ring (bicyclic) bond motifs is 3. The Morgan fingerprint density at radius 1 is 0.375 bits per heavy atom. The first-order valence-electron chi connectivity index (χ1n) is 14.0. The quantitative estimate of drug-likeness (QED) is 0.222. The van der Waals surface area contributed by atoms with Gasteiger partial charge in [0.1, 0.15) is 0 Å². The lowest BCUT2D eigenvalue weighted by Crippen LogP contribution is -2.16. The van der Waals surface area contributed by atoms with Gasteiger partial charge < -0.3 is 4.90 Å². The number of hydrogen-bond donors (Lipinski definition) is 0. The summed E-state index contributed by atoms with van der Waals surface area (Å²) in [4.78, 5) is 2.36. The zero-order valence-corrected chi connectivity index (χ0v) is 22.9. The van der Waals surface area contributed by atoms with Gasteiger partial charge in [-0.3, -0.25) is 0 Å². The van der Waals surface area contributed by atoms with Crippen molar-refractivity contribution < 1.29 is 0 Å². The minimum atomic E-state index is -0.0437. The van der Waals surface area contributed by atoms with Crippen molar-refractivity contribution in [2.75, 3.05) is 4.90 Å². The molecule has 0 N–H and O–H groups in total. The van der Waals surface area contributed by atoms with Gasteiger partial charge in [0, 0.05) is 22.5 Å². The second kappa shape index (κ2) is 9.70. The molecule has 192 valence electrons. The summed E-state index contributed by atoms with van der Waals surface area (Å²) in [7, 11) is 0. The Kier molecular flexibility index (Phi) is 5.86. The Bertz CT molecular complexity index is 1800. The van der Waals surface area contributed by atoms with Gasteiger partial charge in [0.2, 0.25) is 0 Å². The molecule has 1 aliphatic carbocycles. The van der Waals surface area contributed by atoms with Gasteiger partial charge in [0.05, 0.1) is 0 Å². The van der Waals surface area contributed by atoms with Crippen LogP contribution in [0.4, 0.5) is 17.1 Å². The maximum atomic E-state index is 2.39.